The first kappa shape index (κ1) is 17.0. The third-order valence-electron chi connectivity index (χ3n) is 4.09. The average molecular weight is 322 g/mol. The van der Waals surface area contributed by atoms with Crippen LogP contribution in [0.25, 0.3) is 0 Å². The highest BCUT2D eigenvalue weighted by atomic mass is 16.6. The molecule has 1 amide bonds. The fraction of sp³-hybridized carbons (Fsp3) is 0.600. The van der Waals surface area contributed by atoms with E-state index in [0.717, 1.165) is 12.8 Å². The Morgan fingerprint density at radius 1 is 1.57 bits per heavy atom. The SMILES string of the molecule is CC(C)(C)N(C[C@H]1CCCN1c1ccncc1[N+](=O)[O-])C(=O)O. The van der Waals surface area contributed by atoms with Crippen LogP contribution in [0.1, 0.15) is 33.6 Å². The zero-order valence-electron chi connectivity index (χ0n) is 13.6. The molecule has 1 aliphatic rings. The van der Waals surface area contributed by atoms with Crippen LogP contribution in [0.4, 0.5) is 16.2 Å². The highest BCUT2D eigenvalue weighted by molar-refractivity contribution is 5.67. The van der Waals surface area contributed by atoms with E-state index in [0.29, 0.717) is 18.8 Å². The van der Waals surface area contributed by atoms with Crippen molar-refractivity contribution in [3.05, 3.63) is 28.6 Å². The quantitative estimate of drug-likeness (QED) is 0.676. The molecule has 0 saturated carbocycles. The van der Waals surface area contributed by atoms with Gasteiger partial charge < -0.3 is 14.9 Å². The maximum Gasteiger partial charge on any atom is 0.407 e. The maximum atomic E-state index is 11.5. The van der Waals surface area contributed by atoms with Crippen molar-refractivity contribution in [3.8, 4) is 0 Å². The summed E-state index contributed by atoms with van der Waals surface area (Å²) < 4.78 is 0. The topological polar surface area (TPSA) is 99.8 Å². The van der Waals surface area contributed by atoms with Crippen molar-refractivity contribution in [3.63, 3.8) is 0 Å². The number of hydrogen-bond acceptors (Lipinski definition) is 5. The van der Waals surface area contributed by atoms with E-state index in [1.165, 1.54) is 17.3 Å². The first-order valence-electron chi connectivity index (χ1n) is 7.57. The average Bonchev–Trinajstić information content (AvgIpc) is 2.91. The van der Waals surface area contributed by atoms with E-state index in [9.17, 15) is 20.0 Å². The molecular weight excluding hydrogens is 300 g/mol. The third-order valence-corrected chi connectivity index (χ3v) is 4.09. The van der Waals surface area contributed by atoms with Crippen molar-refractivity contribution in [1.29, 1.82) is 0 Å². The van der Waals surface area contributed by atoms with Crippen molar-refractivity contribution in [1.82, 2.24) is 9.88 Å². The van der Waals surface area contributed by atoms with Crippen molar-refractivity contribution < 1.29 is 14.8 Å². The van der Waals surface area contributed by atoms with Crippen molar-refractivity contribution in [2.24, 2.45) is 0 Å². The van der Waals surface area contributed by atoms with Crippen LogP contribution < -0.4 is 4.90 Å². The number of carbonyl (C=O) groups is 1. The first-order chi connectivity index (χ1) is 10.7. The molecule has 1 aliphatic heterocycles. The van der Waals surface area contributed by atoms with Gasteiger partial charge in [0.2, 0.25) is 0 Å². The number of amides is 1. The van der Waals surface area contributed by atoms with Gasteiger partial charge in [0.05, 0.1) is 4.92 Å². The number of carboxylic acid groups (broad SMARTS) is 1. The maximum absolute atomic E-state index is 11.5. The van der Waals surface area contributed by atoms with Crippen LogP contribution in [0.15, 0.2) is 18.5 Å². The molecule has 0 unspecified atom stereocenters. The second-order valence-corrected chi connectivity index (χ2v) is 6.67. The summed E-state index contributed by atoms with van der Waals surface area (Å²) in [6, 6.07) is 1.55. The minimum Gasteiger partial charge on any atom is -0.465 e. The van der Waals surface area contributed by atoms with Gasteiger partial charge in [-0.25, -0.2) is 4.79 Å². The molecular formula is C15H22N4O4. The van der Waals surface area contributed by atoms with Crippen LogP contribution in [-0.4, -0.2) is 50.7 Å². The molecule has 126 valence electrons. The highest BCUT2D eigenvalue weighted by Crippen LogP contribution is 2.33. The molecule has 8 heteroatoms. The summed E-state index contributed by atoms with van der Waals surface area (Å²) in [5.41, 5.74) is -0.0617. The van der Waals surface area contributed by atoms with Gasteiger partial charge in [-0.15, -0.1) is 0 Å². The van der Waals surface area contributed by atoms with Crippen LogP contribution in [0.5, 0.6) is 0 Å². The third kappa shape index (κ3) is 3.69. The standard InChI is InChI=1S/C15H22N4O4/c1-15(2,3)18(14(20)21)10-11-5-4-8-17(11)12-6-7-16-9-13(12)19(22)23/h6-7,9,11H,4-5,8,10H2,1-3H3,(H,20,21)/t11-/m1/s1. The van der Waals surface area contributed by atoms with E-state index in [1.54, 1.807) is 6.07 Å². The molecule has 2 heterocycles. The van der Waals surface area contributed by atoms with E-state index >= 15 is 0 Å². The van der Waals surface area contributed by atoms with Gasteiger partial charge in [0.1, 0.15) is 11.9 Å². The normalized spacial score (nSPS) is 18.0. The van der Waals surface area contributed by atoms with Gasteiger partial charge in [0.15, 0.2) is 0 Å². The molecule has 23 heavy (non-hydrogen) atoms. The predicted octanol–water partition coefficient (Wildman–Crippen LogP) is 2.74. The molecule has 1 saturated heterocycles. The van der Waals surface area contributed by atoms with Gasteiger partial charge in [-0.3, -0.25) is 15.1 Å². The van der Waals surface area contributed by atoms with E-state index in [2.05, 4.69) is 4.98 Å². The number of anilines is 1. The number of nitro groups is 1. The first-order valence-corrected chi connectivity index (χ1v) is 7.57. The summed E-state index contributed by atoms with van der Waals surface area (Å²) in [5, 5.41) is 20.7. The molecule has 0 radical (unpaired) electrons. The minimum atomic E-state index is -0.978. The molecule has 0 aromatic carbocycles. The van der Waals surface area contributed by atoms with Crippen LogP contribution in [0, 0.1) is 10.1 Å². The van der Waals surface area contributed by atoms with E-state index < -0.39 is 16.6 Å². The molecule has 0 bridgehead atoms. The Bertz CT molecular complexity index is 599. The van der Waals surface area contributed by atoms with E-state index in [1.807, 2.05) is 25.7 Å². The fourth-order valence-corrected chi connectivity index (χ4v) is 2.95. The molecule has 0 aliphatic carbocycles. The molecule has 2 rings (SSSR count). The zero-order chi connectivity index (χ0) is 17.2. The summed E-state index contributed by atoms with van der Waals surface area (Å²) in [6.07, 6.45) is 3.47. The van der Waals surface area contributed by atoms with Gasteiger partial charge in [-0.2, -0.15) is 0 Å². The Morgan fingerprint density at radius 2 is 2.26 bits per heavy atom. The lowest BCUT2D eigenvalue weighted by Crippen LogP contribution is -2.51. The van der Waals surface area contributed by atoms with E-state index in [4.69, 9.17) is 0 Å². The Kier molecular flexibility index (Phi) is 4.72. The predicted molar refractivity (Wildman–Crippen MR) is 85.7 cm³/mol. The number of nitrogens with zero attached hydrogens (tertiary/aromatic N) is 4. The van der Waals surface area contributed by atoms with Crippen LogP contribution in [0.3, 0.4) is 0 Å². The van der Waals surface area contributed by atoms with E-state index in [-0.39, 0.29) is 11.7 Å². The Balaban J connectivity index is 2.27. The summed E-state index contributed by atoms with van der Waals surface area (Å²) in [6.45, 7) is 6.52. The smallest absolute Gasteiger partial charge is 0.407 e. The van der Waals surface area contributed by atoms with Crippen molar-refractivity contribution in [2.45, 2.75) is 45.2 Å². The molecule has 8 nitrogen and oxygen atoms in total. The largest absolute Gasteiger partial charge is 0.465 e. The number of rotatable bonds is 4. The molecule has 1 aromatic rings. The van der Waals surface area contributed by atoms with Gasteiger partial charge in [-0.1, -0.05) is 0 Å². The van der Waals surface area contributed by atoms with Gasteiger partial charge in [0.25, 0.3) is 0 Å². The number of aromatic nitrogens is 1. The summed E-state index contributed by atoms with van der Waals surface area (Å²) in [7, 11) is 0. The Labute approximate surface area is 134 Å². The van der Waals surface area contributed by atoms with Gasteiger partial charge in [-0.05, 0) is 39.7 Å². The summed E-state index contributed by atoms with van der Waals surface area (Å²) >= 11 is 0. The summed E-state index contributed by atoms with van der Waals surface area (Å²) in [4.78, 5) is 29.4. The second-order valence-electron chi connectivity index (χ2n) is 6.67. The van der Waals surface area contributed by atoms with Crippen LogP contribution in [0.2, 0.25) is 0 Å². The molecule has 1 N–H and O–H groups in total. The number of hydrogen-bond donors (Lipinski definition) is 1. The zero-order valence-corrected chi connectivity index (χ0v) is 13.6. The van der Waals surface area contributed by atoms with Gasteiger partial charge in [0, 0.05) is 30.9 Å². The molecule has 1 aromatic heterocycles. The Hall–Kier alpha value is -2.38. The Morgan fingerprint density at radius 3 is 2.83 bits per heavy atom. The fourth-order valence-electron chi connectivity index (χ4n) is 2.95. The highest BCUT2D eigenvalue weighted by Gasteiger charge is 2.35. The molecule has 1 atom stereocenters. The lowest BCUT2D eigenvalue weighted by atomic mass is 10.0. The van der Waals surface area contributed by atoms with Gasteiger partial charge >= 0.3 is 11.8 Å². The monoisotopic (exact) mass is 322 g/mol. The summed E-state index contributed by atoms with van der Waals surface area (Å²) in [5.74, 6) is 0. The van der Waals surface area contributed by atoms with Crippen molar-refractivity contribution >= 4 is 17.5 Å². The lowest BCUT2D eigenvalue weighted by Gasteiger charge is -2.37. The number of pyridine rings is 1. The lowest BCUT2D eigenvalue weighted by molar-refractivity contribution is -0.384. The van der Waals surface area contributed by atoms with Crippen LogP contribution >= 0.6 is 0 Å². The second kappa shape index (κ2) is 6.39. The van der Waals surface area contributed by atoms with Crippen molar-refractivity contribution in [2.75, 3.05) is 18.0 Å². The minimum absolute atomic E-state index is 0.0444. The van der Waals surface area contributed by atoms with Crippen LogP contribution in [-0.2, 0) is 0 Å². The molecule has 1 fully saturated rings. The molecule has 0 spiro atoms.